The molecular weight excluding hydrogens is 276 g/mol. The molecule has 4 nitrogen and oxygen atoms in total. The SMILES string of the molecule is CNC(Cc1sccc1Br)c1ncn[nH]1. The smallest absolute Gasteiger partial charge is 0.141 e. The largest absolute Gasteiger partial charge is 0.310 e. The van der Waals surface area contributed by atoms with Crippen molar-refractivity contribution in [3.63, 3.8) is 0 Å². The van der Waals surface area contributed by atoms with Gasteiger partial charge in [0.05, 0.1) is 6.04 Å². The maximum absolute atomic E-state index is 4.16. The van der Waals surface area contributed by atoms with Gasteiger partial charge in [-0.05, 0) is 34.4 Å². The number of halogens is 1. The van der Waals surface area contributed by atoms with Crippen LogP contribution in [0, 0.1) is 0 Å². The van der Waals surface area contributed by atoms with Crippen LogP contribution in [0.3, 0.4) is 0 Å². The average molecular weight is 287 g/mol. The molecule has 0 bridgehead atoms. The normalized spacial score (nSPS) is 12.9. The van der Waals surface area contributed by atoms with Crippen molar-refractivity contribution in [3.05, 3.63) is 32.9 Å². The molecule has 1 atom stereocenters. The van der Waals surface area contributed by atoms with Crippen LogP contribution in [0.2, 0.25) is 0 Å². The van der Waals surface area contributed by atoms with Crippen LogP contribution in [-0.4, -0.2) is 22.2 Å². The van der Waals surface area contributed by atoms with E-state index in [1.165, 1.54) is 11.2 Å². The van der Waals surface area contributed by atoms with Crippen molar-refractivity contribution in [1.29, 1.82) is 0 Å². The number of nitrogens with zero attached hydrogens (tertiary/aromatic N) is 2. The minimum absolute atomic E-state index is 0.183. The Kier molecular flexibility index (Phi) is 3.50. The molecule has 2 rings (SSSR count). The van der Waals surface area contributed by atoms with Crippen LogP contribution in [0.15, 0.2) is 22.2 Å². The highest BCUT2D eigenvalue weighted by Gasteiger charge is 2.15. The number of aromatic amines is 1. The number of nitrogens with one attached hydrogen (secondary N) is 2. The van der Waals surface area contributed by atoms with Crippen molar-refractivity contribution in [1.82, 2.24) is 20.5 Å². The topological polar surface area (TPSA) is 53.6 Å². The minimum Gasteiger partial charge on any atom is -0.310 e. The van der Waals surface area contributed by atoms with Gasteiger partial charge in [0.25, 0.3) is 0 Å². The highest BCUT2D eigenvalue weighted by Crippen LogP contribution is 2.26. The molecule has 0 aliphatic heterocycles. The van der Waals surface area contributed by atoms with E-state index in [-0.39, 0.29) is 6.04 Å². The molecule has 2 aromatic heterocycles. The van der Waals surface area contributed by atoms with Crippen LogP contribution >= 0.6 is 27.3 Å². The summed E-state index contributed by atoms with van der Waals surface area (Å²) in [6.07, 6.45) is 2.44. The van der Waals surface area contributed by atoms with Crippen molar-refractivity contribution < 1.29 is 0 Å². The summed E-state index contributed by atoms with van der Waals surface area (Å²) in [5.74, 6) is 0.873. The number of hydrogen-bond donors (Lipinski definition) is 2. The molecule has 0 fully saturated rings. The summed E-state index contributed by atoms with van der Waals surface area (Å²) in [7, 11) is 1.93. The Bertz CT molecular complexity index is 411. The third-order valence-corrected chi connectivity index (χ3v) is 4.14. The number of H-pyrrole nitrogens is 1. The summed E-state index contributed by atoms with van der Waals surface area (Å²) in [6, 6.07) is 2.25. The van der Waals surface area contributed by atoms with Gasteiger partial charge in [0, 0.05) is 15.8 Å². The molecule has 0 spiro atoms. The standard InChI is InChI=1S/C9H11BrN4S/c1-11-7(9-12-5-13-14-9)4-8-6(10)2-3-15-8/h2-3,5,7,11H,4H2,1H3,(H,12,13,14). The maximum atomic E-state index is 4.16. The molecule has 15 heavy (non-hydrogen) atoms. The van der Waals surface area contributed by atoms with Crippen LogP contribution in [0.4, 0.5) is 0 Å². The van der Waals surface area contributed by atoms with E-state index in [1.54, 1.807) is 11.3 Å². The minimum atomic E-state index is 0.183. The van der Waals surface area contributed by atoms with Crippen molar-refractivity contribution in [2.45, 2.75) is 12.5 Å². The van der Waals surface area contributed by atoms with Crippen molar-refractivity contribution in [2.24, 2.45) is 0 Å². The zero-order valence-corrected chi connectivity index (χ0v) is 10.6. The number of hydrogen-bond acceptors (Lipinski definition) is 4. The van der Waals surface area contributed by atoms with E-state index in [0.29, 0.717) is 0 Å². The summed E-state index contributed by atoms with van der Waals surface area (Å²) >= 11 is 5.27. The first kappa shape index (κ1) is 10.8. The summed E-state index contributed by atoms with van der Waals surface area (Å²) in [5.41, 5.74) is 0. The van der Waals surface area contributed by atoms with E-state index >= 15 is 0 Å². The first-order valence-electron chi connectivity index (χ1n) is 4.55. The van der Waals surface area contributed by atoms with Gasteiger partial charge in [-0.3, -0.25) is 5.10 Å². The van der Waals surface area contributed by atoms with Gasteiger partial charge in [0.1, 0.15) is 12.2 Å². The highest BCUT2D eigenvalue weighted by atomic mass is 79.9. The second kappa shape index (κ2) is 4.87. The highest BCUT2D eigenvalue weighted by molar-refractivity contribution is 9.10. The fourth-order valence-electron chi connectivity index (χ4n) is 1.37. The van der Waals surface area contributed by atoms with Gasteiger partial charge in [0.2, 0.25) is 0 Å². The van der Waals surface area contributed by atoms with E-state index < -0.39 is 0 Å². The van der Waals surface area contributed by atoms with E-state index in [9.17, 15) is 0 Å². The zero-order valence-electron chi connectivity index (χ0n) is 8.20. The molecule has 0 amide bonds. The molecule has 0 aliphatic rings. The monoisotopic (exact) mass is 286 g/mol. The Morgan fingerprint density at radius 3 is 3.07 bits per heavy atom. The Balaban J connectivity index is 2.13. The second-order valence-corrected chi connectivity index (χ2v) is 4.96. The zero-order chi connectivity index (χ0) is 10.7. The van der Waals surface area contributed by atoms with Crippen LogP contribution in [0.25, 0.3) is 0 Å². The van der Waals surface area contributed by atoms with Crippen LogP contribution in [-0.2, 0) is 6.42 Å². The Labute approximate surface area is 100 Å². The summed E-state index contributed by atoms with van der Waals surface area (Å²) in [4.78, 5) is 5.47. The van der Waals surface area contributed by atoms with E-state index in [2.05, 4.69) is 47.9 Å². The summed E-state index contributed by atoms with van der Waals surface area (Å²) < 4.78 is 1.16. The van der Waals surface area contributed by atoms with E-state index in [1.807, 2.05) is 7.05 Å². The third-order valence-electron chi connectivity index (χ3n) is 2.19. The molecule has 0 aromatic carbocycles. The van der Waals surface area contributed by atoms with Crippen molar-refractivity contribution >= 4 is 27.3 Å². The lowest BCUT2D eigenvalue weighted by Crippen LogP contribution is -2.19. The molecule has 0 radical (unpaired) electrons. The molecule has 2 N–H and O–H groups in total. The average Bonchev–Trinajstić information content (AvgIpc) is 2.86. The first-order valence-corrected chi connectivity index (χ1v) is 6.23. The Morgan fingerprint density at radius 2 is 2.53 bits per heavy atom. The van der Waals surface area contributed by atoms with Gasteiger partial charge in [-0.2, -0.15) is 5.10 Å². The quantitative estimate of drug-likeness (QED) is 0.905. The van der Waals surface area contributed by atoms with Crippen molar-refractivity contribution in [3.8, 4) is 0 Å². The molecule has 0 aliphatic carbocycles. The van der Waals surface area contributed by atoms with Gasteiger partial charge < -0.3 is 5.32 Å². The Hall–Kier alpha value is -0.720. The third kappa shape index (κ3) is 2.45. The predicted molar refractivity (Wildman–Crippen MR) is 63.9 cm³/mol. The second-order valence-electron chi connectivity index (χ2n) is 3.11. The lowest BCUT2D eigenvalue weighted by Gasteiger charge is -2.11. The maximum Gasteiger partial charge on any atom is 0.141 e. The van der Waals surface area contributed by atoms with Crippen LogP contribution in [0.1, 0.15) is 16.7 Å². The molecule has 2 heterocycles. The molecule has 80 valence electrons. The Morgan fingerprint density at radius 1 is 1.67 bits per heavy atom. The lowest BCUT2D eigenvalue weighted by molar-refractivity contribution is 0.563. The van der Waals surface area contributed by atoms with E-state index in [0.717, 1.165) is 16.7 Å². The number of rotatable bonds is 4. The molecule has 0 saturated carbocycles. The summed E-state index contributed by atoms with van der Waals surface area (Å²) in [6.45, 7) is 0. The molecule has 0 saturated heterocycles. The van der Waals surface area contributed by atoms with Gasteiger partial charge >= 0.3 is 0 Å². The molecular formula is C9H11BrN4S. The fraction of sp³-hybridized carbons (Fsp3) is 0.333. The molecule has 2 aromatic rings. The number of aromatic nitrogens is 3. The number of thiophene rings is 1. The summed E-state index contributed by atoms with van der Waals surface area (Å²) in [5, 5.41) is 12.0. The molecule has 6 heteroatoms. The van der Waals surface area contributed by atoms with E-state index in [4.69, 9.17) is 0 Å². The first-order chi connectivity index (χ1) is 7.31. The van der Waals surface area contributed by atoms with Gasteiger partial charge in [-0.1, -0.05) is 0 Å². The van der Waals surface area contributed by atoms with Gasteiger partial charge in [-0.25, -0.2) is 4.98 Å². The number of likely N-dealkylation sites (N-methyl/N-ethyl adjacent to an activating group) is 1. The molecule has 1 unspecified atom stereocenters. The van der Waals surface area contributed by atoms with Crippen LogP contribution in [0.5, 0.6) is 0 Å². The fourth-order valence-corrected chi connectivity index (χ4v) is 2.94. The van der Waals surface area contributed by atoms with Crippen molar-refractivity contribution in [2.75, 3.05) is 7.05 Å². The van der Waals surface area contributed by atoms with Gasteiger partial charge in [0.15, 0.2) is 0 Å². The lowest BCUT2D eigenvalue weighted by atomic mass is 10.2. The van der Waals surface area contributed by atoms with Gasteiger partial charge in [-0.15, -0.1) is 11.3 Å². The van der Waals surface area contributed by atoms with Crippen LogP contribution < -0.4 is 5.32 Å². The predicted octanol–water partition coefficient (Wildman–Crippen LogP) is 2.13.